The molecule has 1 unspecified atom stereocenters. The number of thioether (sulfide) groups is 1. The van der Waals surface area contributed by atoms with Gasteiger partial charge in [0, 0.05) is 18.8 Å². The van der Waals surface area contributed by atoms with E-state index in [2.05, 4.69) is 4.98 Å². The number of nitrogen functional groups attached to an aromatic ring is 1. The molecule has 1 amide bonds. The number of carbonyl (C=O) groups is 1. The molecular weight excluding hydrogens is 258 g/mol. The third-order valence-corrected chi connectivity index (χ3v) is 4.26. The Morgan fingerprint density at radius 2 is 2.47 bits per heavy atom. The Bertz CT molecular complexity index is 435. The van der Waals surface area contributed by atoms with Gasteiger partial charge in [-0.25, -0.2) is 4.98 Å². The van der Waals surface area contributed by atoms with E-state index < -0.39 is 0 Å². The fourth-order valence-corrected chi connectivity index (χ4v) is 3.23. The Balaban J connectivity index is 2.20. The zero-order valence-corrected chi connectivity index (χ0v) is 11.1. The van der Waals surface area contributed by atoms with Crippen molar-refractivity contribution in [3.05, 3.63) is 23.0 Å². The normalized spacial score (nSPS) is 19.3. The van der Waals surface area contributed by atoms with E-state index >= 15 is 0 Å². The van der Waals surface area contributed by atoms with Crippen LogP contribution in [0.5, 0.6) is 0 Å². The highest BCUT2D eigenvalue weighted by atomic mass is 35.5. The van der Waals surface area contributed by atoms with Crippen molar-refractivity contribution in [3.8, 4) is 0 Å². The minimum absolute atomic E-state index is 0.0840. The summed E-state index contributed by atoms with van der Waals surface area (Å²) >= 11 is 7.65. The molecule has 0 bridgehead atoms. The van der Waals surface area contributed by atoms with Gasteiger partial charge < -0.3 is 10.6 Å². The second kappa shape index (κ2) is 5.14. The zero-order chi connectivity index (χ0) is 12.4. The van der Waals surface area contributed by atoms with Crippen LogP contribution >= 0.6 is 23.4 Å². The lowest BCUT2D eigenvalue weighted by atomic mass is 10.1. The first kappa shape index (κ1) is 12.5. The summed E-state index contributed by atoms with van der Waals surface area (Å²) in [6, 6.07) is 1.82. The van der Waals surface area contributed by atoms with Crippen LogP contribution in [0.4, 0.5) is 5.69 Å². The van der Waals surface area contributed by atoms with E-state index in [0.29, 0.717) is 17.3 Å². The Labute approximate surface area is 110 Å². The Morgan fingerprint density at radius 1 is 1.71 bits per heavy atom. The molecule has 1 aliphatic rings. The smallest absolute Gasteiger partial charge is 0.256 e. The molecule has 1 aromatic rings. The van der Waals surface area contributed by atoms with E-state index in [-0.39, 0.29) is 11.1 Å². The summed E-state index contributed by atoms with van der Waals surface area (Å²) in [4.78, 5) is 17.9. The molecule has 1 saturated heterocycles. The van der Waals surface area contributed by atoms with Crippen LogP contribution in [0.25, 0.3) is 0 Å². The lowest BCUT2D eigenvalue weighted by Gasteiger charge is -2.24. The summed E-state index contributed by atoms with van der Waals surface area (Å²) in [7, 11) is 1.81. The molecule has 0 aliphatic carbocycles. The number of aromatic nitrogens is 1. The van der Waals surface area contributed by atoms with E-state index in [0.717, 1.165) is 17.9 Å². The molecule has 0 aromatic carbocycles. The van der Waals surface area contributed by atoms with Gasteiger partial charge in [0.1, 0.15) is 5.15 Å². The Kier molecular flexibility index (Phi) is 3.79. The maximum atomic E-state index is 12.3. The summed E-state index contributed by atoms with van der Waals surface area (Å²) in [5, 5.41) is 0.289. The first-order chi connectivity index (χ1) is 8.09. The second-order valence-corrected chi connectivity index (χ2v) is 5.56. The first-order valence-electron chi connectivity index (χ1n) is 5.35. The van der Waals surface area contributed by atoms with Crippen LogP contribution in [0.15, 0.2) is 12.3 Å². The highest BCUT2D eigenvalue weighted by Gasteiger charge is 2.25. The van der Waals surface area contributed by atoms with Crippen molar-refractivity contribution in [2.45, 2.75) is 12.5 Å². The van der Waals surface area contributed by atoms with Crippen molar-refractivity contribution < 1.29 is 4.79 Å². The molecule has 1 atom stereocenters. The second-order valence-electron chi connectivity index (χ2n) is 4.03. The van der Waals surface area contributed by atoms with Gasteiger partial charge in [-0.15, -0.1) is 0 Å². The molecule has 0 saturated carbocycles. The van der Waals surface area contributed by atoms with Crippen LogP contribution in [-0.2, 0) is 0 Å². The molecule has 92 valence electrons. The average Bonchev–Trinajstić information content (AvgIpc) is 2.84. The number of nitrogens with zero attached hydrogens (tertiary/aromatic N) is 2. The van der Waals surface area contributed by atoms with Gasteiger partial charge >= 0.3 is 0 Å². The summed E-state index contributed by atoms with van der Waals surface area (Å²) in [5.74, 6) is 2.01. The monoisotopic (exact) mass is 271 g/mol. The molecule has 4 nitrogen and oxygen atoms in total. The van der Waals surface area contributed by atoms with E-state index in [1.54, 1.807) is 4.90 Å². The van der Waals surface area contributed by atoms with Crippen LogP contribution < -0.4 is 5.73 Å². The van der Waals surface area contributed by atoms with E-state index in [1.165, 1.54) is 12.3 Å². The fourth-order valence-electron chi connectivity index (χ4n) is 1.81. The molecule has 2 N–H and O–H groups in total. The first-order valence-corrected chi connectivity index (χ1v) is 6.89. The molecule has 1 aromatic heterocycles. The number of nitrogens with two attached hydrogens (primary N) is 1. The number of hydrogen-bond donors (Lipinski definition) is 1. The van der Waals surface area contributed by atoms with Gasteiger partial charge in [0.05, 0.1) is 17.4 Å². The van der Waals surface area contributed by atoms with Gasteiger partial charge in [0.25, 0.3) is 5.91 Å². The van der Waals surface area contributed by atoms with Crippen molar-refractivity contribution in [3.63, 3.8) is 0 Å². The number of pyridine rings is 1. The van der Waals surface area contributed by atoms with E-state index in [4.69, 9.17) is 17.3 Å². The quantitative estimate of drug-likeness (QED) is 0.835. The number of amides is 1. The van der Waals surface area contributed by atoms with Crippen LogP contribution in [0.3, 0.4) is 0 Å². The van der Waals surface area contributed by atoms with Crippen molar-refractivity contribution >= 4 is 35.0 Å². The number of halogens is 1. The molecule has 17 heavy (non-hydrogen) atoms. The minimum atomic E-state index is -0.0840. The van der Waals surface area contributed by atoms with E-state index in [9.17, 15) is 4.79 Å². The van der Waals surface area contributed by atoms with Crippen molar-refractivity contribution in [2.24, 2.45) is 0 Å². The highest BCUT2D eigenvalue weighted by Crippen LogP contribution is 2.24. The molecule has 0 radical (unpaired) electrons. The molecule has 0 spiro atoms. The van der Waals surface area contributed by atoms with Gasteiger partial charge in [0.2, 0.25) is 0 Å². The molecule has 1 aliphatic heterocycles. The summed E-state index contributed by atoms with van der Waals surface area (Å²) < 4.78 is 0. The van der Waals surface area contributed by atoms with Crippen LogP contribution in [0.1, 0.15) is 16.8 Å². The highest BCUT2D eigenvalue weighted by molar-refractivity contribution is 7.99. The average molecular weight is 272 g/mol. The largest absolute Gasteiger partial charge is 0.397 e. The standard InChI is InChI=1S/C11H14ClN3OS/c1-15(7-2-3-17-6-7)11(16)8-4-10(12)14-5-9(8)13/h4-5,7H,2-3,6,13H2,1H3. The van der Waals surface area contributed by atoms with E-state index in [1.807, 2.05) is 18.8 Å². The minimum Gasteiger partial charge on any atom is -0.397 e. The van der Waals surface area contributed by atoms with Crippen LogP contribution in [0.2, 0.25) is 5.15 Å². The molecule has 1 fully saturated rings. The van der Waals surface area contributed by atoms with Gasteiger partial charge in [-0.2, -0.15) is 11.8 Å². The predicted octanol–water partition coefficient (Wildman–Crippen LogP) is 1.89. The fraction of sp³-hybridized carbons (Fsp3) is 0.455. The number of carbonyl (C=O) groups excluding carboxylic acids is 1. The number of hydrogen-bond acceptors (Lipinski definition) is 4. The molecule has 2 rings (SSSR count). The lowest BCUT2D eigenvalue weighted by Crippen LogP contribution is -2.37. The van der Waals surface area contributed by atoms with Gasteiger partial charge in [-0.05, 0) is 18.2 Å². The van der Waals surface area contributed by atoms with Gasteiger partial charge in [0.15, 0.2) is 0 Å². The Hall–Kier alpha value is -0.940. The molecular formula is C11H14ClN3OS. The molecule has 6 heteroatoms. The topological polar surface area (TPSA) is 59.2 Å². The summed E-state index contributed by atoms with van der Waals surface area (Å²) in [5.41, 5.74) is 6.56. The zero-order valence-electron chi connectivity index (χ0n) is 9.52. The van der Waals surface area contributed by atoms with Crippen molar-refractivity contribution in [1.29, 1.82) is 0 Å². The van der Waals surface area contributed by atoms with Crippen molar-refractivity contribution in [1.82, 2.24) is 9.88 Å². The number of rotatable bonds is 2. The lowest BCUT2D eigenvalue weighted by molar-refractivity contribution is 0.0749. The maximum Gasteiger partial charge on any atom is 0.256 e. The van der Waals surface area contributed by atoms with Gasteiger partial charge in [-0.1, -0.05) is 11.6 Å². The van der Waals surface area contributed by atoms with Crippen molar-refractivity contribution in [2.75, 3.05) is 24.3 Å². The third-order valence-electron chi connectivity index (χ3n) is 2.91. The van der Waals surface area contributed by atoms with Crippen LogP contribution in [-0.4, -0.2) is 40.4 Å². The summed E-state index contributed by atoms with van der Waals surface area (Å²) in [6.07, 6.45) is 2.46. The van der Waals surface area contributed by atoms with Crippen LogP contribution in [0, 0.1) is 0 Å². The van der Waals surface area contributed by atoms with Gasteiger partial charge in [-0.3, -0.25) is 4.79 Å². The number of anilines is 1. The maximum absolute atomic E-state index is 12.3. The SMILES string of the molecule is CN(C(=O)c1cc(Cl)ncc1N)C1CCSC1. The summed E-state index contributed by atoms with van der Waals surface area (Å²) in [6.45, 7) is 0. The Morgan fingerprint density at radius 3 is 3.12 bits per heavy atom. The molecule has 2 heterocycles. The third kappa shape index (κ3) is 2.66. The predicted molar refractivity (Wildman–Crippen MR) is 71.5 cm³/mol.